The molecular formula is C27H29N5O. The fourth-order valence-corrected chi connectivity index (χ4v) is 4.68. The number of aromatic nitrogens is 3. The molecule has 3 heterocycles. The molecule has 0 aliphatic carbocycles. The average molecular weight is 440 g/mol. The van der Waals surface area contributed by atoms with Crippen molar-refractivity contribution in [3.63, 3.8) is 0 Å². The molecule has 1 atom stereocenters. The number of aromatic amines is 1. The van der Waals surface area contributed by atoms with Gasteiger partial charge >= 0.3 is 0 Å². The number of rotatable bonds is 6. The van der Waals surface area contributed by atoms with Crippen LogP contribution < -0.4 is 5.32 Å². The standard InChI is InChI=1S/C27H29N5O/c1-18(2)29-27(33)23-14-25(30-24-11-7-6-10-22(23)24)20-12-13-32(16-20)17-21-15-28-31-26(21)19-8-4-3-5-9-19/h3-11,14-15,18,20H,12-13,16-17H2,1-2H3,(H,28,31)(H,29,33). The van der Waals surface area contributed by atoms with Crippen molar-refractivity contribution in [1.29, 1.82) is 0 Å². The number of pyridine rings is 1. The molecule has 2 aromatic heterocycles. The predicted molar refractivity (Wildman–Crippen MR) is 131 cm³/mol. The summed E-state index contributed by atoms with van der Waals surface area (Å²) in [7, 11) is 0. The van der Waals surface area contributed by atoms with Crippen molar-refractivity contribution in [3.05, 3.63) is 83.7 Å². The Balaban J connectivity index is 1.37. The third-order valence-electron chi connectivity index (χ3n) is 6.27. The summed E-state index contributed by atoms with van der Waals surface area (Å²) in [6.45, 7) is 6.71. The number of carbonyl (C=O) groups excluding carboxylic acids is 1. The number of amides is 1. The predicted octanol–water partition coefficient (Wildman–Crippen LogP) is 4.75. The van der Waals surface area contributed by atoms with Crippen LogP contribution in [0.5, 0.6) is 0 Å². The van der Waals surface area contributed by atoms with E-state index < -0.39 is 0 Å². The van der Waals surface area contributed by atoms with Crippen LogP contribution in [0.3, 0.4) is 0 Å². The molecule has 33 heavy (non-hydrogen) atoms. The van der Waals surface area contributed by atoms with E-state index in [4.69, 9.17) is 4.98 Å². The van der Waals surface area contributed by atoms with Crippen LogP contribution in [0.4, 0.5) is 0 Å². The van der Waals surface area contributed by atoms with E-state index in [1.807, 2.05) is 68.6 Å². The minimum atomic E-state index is -0.0365. The summed E-state index contributed by atoms with van der Waals surface area (Å²) in [5, 5.41) is 11.4. The van der Waals surface area contributed by atoms with Crippen LogP contribution in [-0.2, 0) is 6.54 Å². The van der Waals surface area contributed by atoms with Gasteiger partial charge < -0.3 is 5.32 Å². The minimum absolute atomic E-state index is 0.0365. The Hall–Kier alpha value is -3.51. The molecule has 1 saturated heterocycles. The molecule has 2 aromatic carbocycles. The van der Waals surface area contributed by atoms with E-state index in [1.165, 1.54) is 5.56 Å². The molecule has 1 unspecified atom stereocenters. The van der Waals surface area contributed by atoms with E-state index in [0.717, 1.165) is 53.9 Å². The van der Waals surface area contributed by atoms with Crippen LogP contribution in [0.25, 0.3) is 22.2 Å². The average Bonchev–Trinajstić information content (AvgIpc) is 3.48. The van der Waals surface area contributed by atoms with E-state index in [0.29, 0.717) is 11.5 Å². The topological polar surface area (TPSA) is 73.9 Å². The largest absolute Gasteiger partial charge is 0.350 e. The second-order valence-electron chi connectivity index (χ2n) is 9.10. The SMILES string of the molecule is CC(C)NC(=O)c1cc(C2CCN(Cc3cn[nH]c3-c3ccccc3)C2)nc2ccccc12. The lowest BCUT2D eigenvalue weighted by Crippen LogP contribution is -2.30. The zero-order chi connectivity index (χ0) is 22.8. The fraction of sp³-hybridized carbons (Fsp3) is 0.296. The number of hydrogen-bond donors (Lipinski definition) is 2. The lowest BCUT2D eigenvalue weighted by atomic mass is 9.99. The van der Waals surface area contributed by atoms with Crippen LogP contribution in [0.2, 0.25) is 0 Å². The van der Waals surface area contributed by atoms with Gasteiger partial charge in [0.05, 0.1) is 23.0 Å². The summed E-state index contributed by atoms with van der Waals surface area (Å²) in [6, 6.07) is 20.3. The monoisotopic (exact) mass is 439 g/mol. The molecule has 1 aliphatic heterocycles. The summed E-state index contributed by atoms with van der Waals surface area (Å²) < 4.78 is 0. The van der Waals surface area contributed by atoms with Crippen LogP contribution >= 0.6 is 0 Å². The number of benzene rings is 2. The first kappa shape index (κ1) is 21.3. The van der Waals surface area contributed by atoms with Gasteiger partial charge in [0.2, 0.25) is 0 Å². The van der Waals surface area contributed by atoms with Crippen LogP contribution in [0.1, 0.15) is 47.8 Å². The maximum Gasteiger partial charge on any atom is 0.252 e. The number of nitrogens with one attached hydrogen (secondary N) is 2. The van der Waals surface area contributed by atoms with Gasteiger partial charge in [-0.1, -0.05) is 48.5 Å². The molecule has 6 heteroatoms. The van der Waals surface area contributed by atoms with E-state index in [-0.39, 0.29) is 11.9 Å². The Morgan fingerprint density at radius 2 is 1.94 bits per heavy atom. The highest BCUT2D eigenvalue weighted by atomic mass is 16.1. The second-order valence-corrected chi connectivity index (χ2v) is 9.10. The number of fused-ring (bicyclic) bond motifs is 1. The second kappa shape index (κ2) is 9.16. The molecule has 1 aliphatic rings. The zero-order valence-electron chi connectivity index (χ0n) is 19.1. The number of hydrogen-bond acceptors (Lipinski definition) is 4. The van der Waals surface area contributed by atoms with Crippen molar-refractivity contribution < 1.29 is 4.79 Å². The lowest BCUT2D eigenvalue weighted by Gasteiger charge is -2.17. The zero-order valence-corrected chi connectivity index (χ0v) is 19.1. The van der Waals surface area contributed by atoms with E-state index in [9.17, 15) is 4.79 Å². The third-order valence-corrected chi connectivity index (χ3v) is 6.27. The van der Waals surface area contributed by atoms with Gasteiger partial charge in [-0.3, -0.25) is 19.8 Å². The summed E-state index contributed by atoms with van der Waals surface area (Å²) >= 11 is 0. The molecule has 168 valence electrons. The molecule has 1 fully saturated rings. The smallest absolute Gasteiger partial charge is 0.252 e. The van der Waals surface area contributed by atoms with Gasteiger partial charge in [0.25, 0.3) is 5.91 Å². The van der Waals surface area contributed by atoms with Gasteiger partial charge in [0.15, 0.2) is 0 Å². The first-order valence-electron chi connectivity index (χ1n) is 11.6. The van der Waals surface area contributed by atoms with Crippen molar-refractivity contribution >= 4 is 16.8 Å². The van der Waals surface area contributed by atoms with E-state index >= 15 is 0 Å². The summed E-state index contributed by atoms with van der Waals surface area (Å²) in [5.41, 5.74) is 6.02. The molecule has 6 nitrogen and oxygen atoms in total. The highest BCUT2D eigenvalue weighted by molar-refractivity contribution is 6.06. The van der Waals surface area contributed by atoms with Gasteiger partial charge in [-0.15, -0.1) is 0 Å². The van der Waals surface area contributed by atoms with Crippen molar-refractivity contribution in [2.24, 2.45) is 0 Å². The minimum Gasteiger partial charge on any atom is -0.350 e. The molecule has 0 radical (unpaired) electrons. The molecule has 5 rings (SSSR count). The van der Waals surface area contributed by atoms with E-state index in [2.05, 4.69) is 32.5 Å². The summed E-state index contributed by atoms with van der Waals surface area (Å²) in [5.74, 6) is 0.262. The number of carbonyl (C=O) groups is 1. The Labute approximate surface area is 194 Å². The van der Waals surface area contributed by atoms with Crippen molar-refractivity contribution in [2.75, 3.05) is 13.1 Å². The number of likely N-dealkylation sites (tertiary alicyclic amines) is 1. The van der Waals surface area contributed by atoms with Gasteiger partial charge in [-0.2, -0.15) is 5.10 Å². The summed E-state index contributed by atoms with van der Waals surface area (Å²) in [4.78, 5) is 20.3. The Morgan fingerprint density at radius 1 is 1.15 bits per heavy atom. The van der Waals surface area contributed by atoms with Crippen molar-refractivity contribution in [2.45, 2.75) is 38.8 Å². The van der Waals surface area contributed by atoms with Gasteiger partial charge in [-0.05, 0) is 44.5 Å². The number of H-pyrrole nitrogens is 1. The van der Waals surface area contributed by atoms with Crippen molar-refractivity contribution in [1.82, 2.24) is 25.4 Å². The van der Waals surface area contributed by atoms with Crippen molar-refractivity contribution in [3.8, 4) is 11.3 Å². The summed E-state index contributed by atoms with van der Waals surface area (Å²) in [6.07, 6.45) is 2.95. The lowest BCUT2D eigenvalue weighted by molar-refractivity contribution is 0.0944. The number of nitrogens with zero attached hydrogens (tertiary/aromatic N) is 3. The Bertz CT molecular complexity index is 1260. The van der Waals surface area contributed by atoms with Gasteiger partial charge in [-0.25, -0.2) is 0 Å². The highest BCUT2D eigenvalue weighted by Crippen LogP contribution is 2.31. The first-order valence-corrected chi connectivity index (χ1v) is 11.6. The maximum absolute atomic E-state index is 12.9. The third kappa shape index (κ3) is 4.52. The molecule has 2 N–H and O–H groups in total. The molecular weight excluding hydrogens is 410 g/mol. The molecule has 0 spiro atoms. The molecule has 0 bridgehead atoms. The highest BCUT2D eigenvalue weighted by Gasteiger charge is 2.27. The molecule has 1 amide bonds. The van der Waals surface area contributed by atoms with Gasteiger partial charge in [0.1, 0.15) is 0 Å². The Morgan fingerprint density at radius 3 is 2.76 bits per heavy atom. The molecule has 4 aromatic rings. The normalized spacial score (nSPS) is 16.5. The van der Waals surface area contributed by atoms with Crippen LogP contribution in [0.15, 0.2) is 66.9 Å². The number of para-hydroxylation sites is 1. The van der Waals surface area contributed by atoms with E-state index in [1.54, 1.807) is 0 Å². The Kier molecular flexibility index (Phi) is 5.92. The maximum atomic E-state index is 12.9. The van der Waals surface area contributed by atoms with Crippen LogP contribution in [0, 0.1) is 0 Å². The quantitative estimate of drug-likeness (QED) is 0.455. The molecule has 0 saturated carbocycles. The first-order chi connectivity index (χ1) is 16.1. The fourth-order valence-electron chi connectivity index (χ4n) is 4.68. The van der Waals surface area contributed by atoms with Gasteiger partial charge in [0, 0.05) is 41.7 Å². The van der Waals surface area contributed by atoms with Crippen LogP contribution in [-0.4, -0.2) is 45.1 Å².